The third kappa shape index (κ3) is 4.47. The van der Waals surface area contributed by atoms with Crippen LogP contribution in [0.2, 0.25) is 0 Å². The fourth-order valence-corrected chi connectivity index (χ4v) is 6.72. The van der Waals surface area contributed by atoms with Gasteiger partial charge < -0.3 is 4.90 Å². The fraction of sp³-hybridized carbons (Fsp3) is 0.609. The van der Waals surface area contributed by atoms with Crippen molar-refractivity contribution in [2.75, 3.05) is 31.1 Å². The zero-order valence-electron chi connectivity index (χ0n) is 19.1. The molecule has 33 heavy (non-hydrogen) atoms. The highest BCUT2D eigenvalue weighted by Crippen LogP contribution is 2.45. The molecular weight excluding hydrogens is 449 g/mol. The van der Waals surface area contributed by atoms with Gasteiger partial charge in [0.1, 0.15) is 17.0 Å². The number of nitrogens with zero attached hydrogens (tertiary/aromatic N) is 6. The monoisotopic (exact) mass is 478 g/mol. The molecule has 0 saturated carbocycles. The normalized spacial score (nSPS) is 22.9. The molecule has 3 aromatic rings. The van der Waals surface area contributed by atoms with Crippen molar-refractivity contribution in [3.05, 3.63) is 35.2 Å². The van der Waals surface area contributed by atoms with Gasteiger partial charge in [-0.3, -0.25) is 9.58 Å². The van der Waals surface area contributed by atoms with Crippen LogP contribution in [0.5, 0.6) is 0 Å². The van der Waals surface area contributed by atoms with Crippen LogP contribution in [-0.2, 0) is 13.5 Å². The van der Waals surface area contributed by atoms with E-state index in [1.54, 1.807) is 6.07 Å². The summed E-state index contributed by atoms with van der Waals surface area (Å²) in [5.41, 5.74) is 1.43. The molecule has 5 rings (SSSR count). The molecule has 2 saturated heterocycles. The predicted octanol–water partition coefficient (Wildman–Crippen LogP) is 4.83. The molecule has 2 atom stereocenters. The van der Waals surface area contributed by atoms with Crippen LogP contribution >= 0.6 is 11.3 Å². The number of anilines is 1. The first-order chi connectivity index (χ1) is 15.6. The number of aromatic nitrogens is 4. The lowest BCUT2D eigenvalue weighted by molar-refractivity contribution is -0.126. The van der Waals surface area contributed by atoms with Gasteiger partial charge in [0, 0.05) is 54.8 Å². The third-order valence-corrected chi connectivity index (χ3v) is 8.07. The van der Waals surface area contributed by atoms with Gasteiger partial charge in [-0.25, -0.2) is 9.97 Å². The highest BCUT2D eigenvalue weighted by molar-refractivity contribution is 7.18. The molecule has 178 valence electrons. The first-order valence-electron chi connectivity index (χ1n) is 11.4. The molecule has 2 aliphatic heterocycles. The largest absolute Gasteiger partial charge is 0.393 e. The molecule has 0 amide bonds. The zero-order chi connectivity index (χ0) is 23.4. The van der Waals surface area contributed by atoms with E-state index in [-0.39, 0.29) is 10.3 Å². The Kier molecular flexibility index (Phi) is 5.63. The second kappa shape index (κ2) is 8.23. The van der Waals surface area contributed by atoms with Crippen molar-refractivity contribution < 1.29 is 13.2 Å². The predicted molar refractivity (Wildman–Crippen MR) is 123 cm³/mol. The average Bonchev–Trinajstić information content (AvgIpc) is 3.49. The van der Waals surface area contributed by atoms with Crippen LogP contribution in [0.4, 0.5) is 19.0 Å². The van der Waals surface area contributed by atoms with Gasteiger partial charge >= 0.3 is 6.18 Å². The summed E-state index contributed by atoms with van der Waals surface area (Å²) in [4.78, 5) is 14.5. The summed E-state index contributed by atoms with van der Waals surface area (Å²) in [6, 6.07) is 1.96. The minimum absolute atomic E-state index is 0.178. The van der Waals surface area contributed by atoms with Gasteiger partial charge in [-0.1, -0.05) is 13.8 Å². The molecule has 2 fully saturated rings. The molecule has 0 N–H and O–H groups in total. The highest BCUT2D eigenvalue weighted by Gasteiger charge is 2.46. The van der Waals surface area contributed by atoms with Crippen LogP contribution in [-0.4, -0.2) is 57.0 Å². The van der Waals surface area contributed by atoms with E-state index in [0.717, 1.165) is 61.6 Å². The van der Waals surface area contributed by atoms with Crippen LogP contribution in [0.25, 0.3) is 10.2 Å². The minimum Gasteiger partial charge on any atom is -0.355 e. The Labute approximate surface area is 195 Å². The lowest BCUT2D eigenvalue weighted by atomic mass is 9.86. The lowest BCUT2D eigenvalue weighted by Gasteiger charge is -2.32. The summed E-state index contributed by atoms with van der Waals surface area (Å²) < 4.78 is 40.6. The van der Waals surface area contributed by atoms with Gasteiger partial charge in [-0.05, 0) is 31.4 Å². The third-order valence-electron chi connectivity index (χ3n) is 7.03. The van der Waals surface area contributed by atoms with Crippen LogP contribution in [0.1, 0.15) is 43.2 Å². The molecule has 5 heterocycles. The molecule has 0 aliphatic carbocycles. The van der Waals surface area contributed by atoms with Crippen molar-refractivity contribution in [1.29, 1.82) is 0 Å². The number of thiophene rings is 1. The quantitative estimate of drug-likeness (QED) is 0.526. The van der Waals surface area contributed by atoms with E-state index in [4.69, 9.17) is 0 Å². The van der Waals surface area contributed by atoms with Crippen molar-refractivity contribution in [2.24, 2.45) is 18.4 Å². The van der Waals surface area contributed by atoms with Gasteiger partial charge in [-0.2, -0.15) is 18.3 Å². The van der Waals surface area contributed by atoms with E-state index in [0.29, 0.717) is 16.8 Å². The molecule has 6 nitrogen and oxygen atoms in total. The van der Waals surface area contributed by atoms with E-state index >= 15 is 0 Å². The molecule has 0 unspecified atom stereocenters. The molecule has 1 spiro atoms. The lowest BCUT2D eigenvalue weighted by Crippen LogP contribution is -2.34. The molecule has 0 bridgehead atoms. The maximum Gasteiger partial charge on any atom is 0.393 e. The second-order valence-corrected chi connectivity index (χ2v) is 11.1. The Morgan fingerprint density at radius 1 is 1.15 bits per heavy atom. The number of rotatable bonds is 5. The van der Waals surface area contributed by atoms with Gasteiger partial charge in [0.15, 0.2) is 0 Å². The molecule has 0 radical (unpaired) electrons. The number of alkyl halides is 3. The van der Waals surface area contributed by atoms with Crippen molar-refractivity contribution >= 4 is 27.4 Å². The molecule has 2 aliphatic rings. The summed E-state index contributed by atoms with van der Waals surface area (Å²) >= 11 is 1.11. The molecule has 0 aromatic carbocycles. The summed E-state index contributed by atoms with van der Waals surface area (Å²) in [6.45, 7) is 8.31. The highest BCUT2D eigenvalue weighted by atomic mass is 32.1. The topological polar surface area (TPSA) is 50.1 Å². The fourth-order valence-electron chi connectivity index (χ4n) is 5.70. The number of halogens is 3. The standard InChI is InChI=1S/C23H29F3N6S/c1-15(2)19(16-10-29-30(3)11-16)31-6-4-22(12-31)5-7-32(13-22)20-18-8-17(9-23(24,25)26)33-21(18)28-14-27-20/h8,10-11,14-15,19H,4-7,9,12-13H2,1-3H3/t19-,22-/m1/s1. The van der Waals surface area contributed by atoms with Gasteiger partial charge in [-0.15, -0.1) is 11.3 Å². The maximum atomic E-state index is 12.9. The maximum absolute atomic E-state index is 12.9. The van der Waals surface area contributed by atoms with E-state index in [1.165, 1.54) is 11.9 Å². The average molecular weight is 479 g/mol. The van der Waals surface area contributed by atoms with E-state index < -0.39 is 12.6 Å². The van der Waals surface area contributed by atoms with Crippen LogP contribution in [0.15, 0.2) is 24.8 Å². The Bertz CT molecular complexity index is 1140. The summed E-state index contributed by atoms with van der Waals surface area (Å²) in [7, 11) is 1.95. The minimum atomic E-state index is -4.22. The first kappa shape index (κ1) is 22.6. The molecule has 10 heteroatoms. The molecular formula is C23H29F3N6S. The number of fused-ring (bicyclic) bond motifs is 1. The number of aryl methyl sites for hydroxylation is 1. The Morgan fingerprint density at radius 3 is 2.64 bits per heavy atom. The van der Waals surface area contributed by atoms with Gasteiger partial charge in [0.05, 0.1) is 18.0 Å². The summed E-state index contributed by atoms with van der Waals surface area (Å²) in [5, 5.41) is 5.12. The van der Waals surface area contributed by atoms with E-state index in [2.05, 4.69) is 44.9 Å². The van der Waals surface area contributed by atoms with Crippen molar-refractivity contribution in [1.82, 2.24) is 24.6 Å². The number of hydrogen-bond acceptors (Lipinski definition) is 6. The van der Waals surface area contributed by atoms with Crippen molar-refractivity contribution in [3.63, 3.8) is 0 Å². The number of hydrogen-bond donors (Lipinski definition) is 0. The first-order valence-corrected chi connectivity index (χ1v) is 12.2. The second-order valence-electron chi connectivity index (χ2n) is 9.95. The van der Waals surface area contributed by atoms with Gasteiger partial charge in [0.2, 0.25) is 0 Å². The Morgan fingerprint density at radius 2 is 1.94 bits per heavy atom. The smallest absolute Gasteiger partial charge is 0.355 e. The van der Waals surface area contributed by atoms with E-state index in [1.807, 2.05) is 17.9 Å². The summed E-state index contributed by atoms with van der Waals surface area (Å²) in [5.74, 6) is 1.24. The SMILES string of the molecule is CC(C)[C@H](c1cnn(C)c1)N1CC[C@@]2(CCN(c3ncnc4sc(CC(F)(F)F)cc34)C2)C1. The van der Waals surface area contributed by atoms with Gasteiger partial charge in [0.25, 0.3) is 0 Å². The van der Waals surface area contributed by atoms with E-state index in [9.17, 15) is 13.2 Å². The van der Waals surface area contributed by atoms with Crippen molar-refractivity contribution in [2.45, 2.75) is 45.3 Å². The molecule has 3 aromatic heterocycles. The van der Waals surface area contributed by atoms with Crippen LogP contribution in [0, 0.1) is 11.3 Å². The number of likely N-dealkylation sites (tertiary alicyclic amines) is 1. The summed E-state index contributed by atoms with van der Waals surface area (Å²) in [6.07, 6.45) is 2.61. The Hall–Kier alpha value is -2.20. The van der Waals surface area contributed by atoms with Crippen LogP contribution in [0.3, 0.4) is 0 Å². The van der Waals surface area contributed by atoms with Crippen LogP contribution < -0.4 is 4.90 Å². The Balaban J connectivity index is 1.35. The zero-order valence-corrected chi connectivity index (χ0v) is 20.0. The van der Waals surface area contributed by atoms with Crippen molar-refractivity contribution in [3.8, 4) is 0 Å².